The van der Waals surface area contributed by atoms with Gasteiger partial charge in [-0.05, 0) is 55.5 Å². The van der Waals surface area contributed by atoms with Crippen LogP contribution in [0.4, 0.5) is 0 Å². The lowest BCUT2D eigenvalue weighted by Crippen LogP contribution is -2.32. The van der Waals surface area contributed by atoms with Gasteiger partial charge in [-0.2, -0.15) is 0 Å². The third-order valence-electron chi connectivity index (χ3n) is 4.22. The molecule has 0 radical (unpaired) electrons. The summed E-state index contributed by atoms with van der Waals surface area (Å²) in [6.45, 7) is 1.98. The zero-order chi connectivity index (χ0) is 22.6. The summed E-state index contributed by atoms with van der Waals surface area (Å²) in [5.41, 5.74) is 2.67. The van der Waals surface area contributed by atoms with E-state index < -0.39 is 35.7 Å². The van der Waals surface area contributed by atoms with Gasteiger partial charge in [0.15, 0.2) is 0 Å². The molecule has 7 nitrogen and oxygen atoms in total. The van der Waals surface area contributed by atoms with Gasteiger partial charge in [-0.3, -0.25) is 4.79 Å². The number of primary sulfonamides is 1. The zero-order valence-electron chi connectivity index (χ0n) is 16.4. The molecule has 0 unspecified atom stereocenters. The van der Waals surface area contributed by atoms with Crippen molar-refractivity contribution in [3.63, 3.8) is 0 Å². The summed E-state index contributed by atoms with van der Waals surface area (Å²) >= 11 is 0. The molecule has 0 aliphatic carbocycles. The lowest BCUT2D eigenvalue weighted by atomic mass is 10.1. The summed E-state index contributed by atoms with van der Waals surface area (Å²) in [7, 11) is -8.77. The van der Waals surface area contributed by atoms with Gasteiger partial charge in [-0.1, -0.05) is 41.7 Å². The molecule has 0 spiro atoms. The van der Waals surface area contributed by atoms with E-state index in [0.29, 0.717) is 5.56 Å². The summed E-state index contributed by atoms with van der Waals surface area (Å²) in [6, 6.07) is 18.5. The zero-order valence-corrected chi connectivity index (χ0v) is 18.0. The first-order valence-corrected chi connectivity index (χ1v) is 12.0. The van der Waals surface area contributed by atoms with Crippen LogP contribution in [0.25, 0.3) is 0 Å². The van der Waals surface area contributed by atoms with Crippen LogP contribution in [0.5, 0.6) is 0 Å². The molecular weight excluding hydrogens is 436 g/mol. The number of benzene rings is 3. The number of hydrogen-bond acceptors (Lipinski definition) is 5. The van der Waals surface area contributed by atoms with E-state index in [4.69, 9.17) is 5.14 Å². The largest absolute Gasteiger partial charge is 0.268 e. The van der Waals surface area contributed by atoms with Crippen LogP contribution >= 0.6 is 0 Å². The molecule has 3 N–H and O–H groups in total. The van der Waals surface area contributed by atoms with Crippen LogP contribution in [0, 0.1) is 18.8 Å². The molecule has 0 heterocycles. The van der Waals surface area contributed by atoms with Crippen molar-refractivity contribution < 1.29 is 21.6 Å². The molecule has 158 valence electrons. The van der Waals surface area contributed by atoms with Crippen molar-refractivity contribution in [2.45, 2.75) is 16.7 Å². The molecule has 0 fully saturated rings. The van der Waals surface area contributed by atoms with E-state index in [9.17, 15) is 21.6 Å². The summed E-state index contributed by atoms with van der Waals surface area (Å²) in [4.78, 5) is 11.2. The Labute approximate surface area is 181 Å². The van der Waals surface area contributed by atoms with Gasteiger partial charge in [0.2, 0.25) is 10.0 Å². The fourth-order valence-electron chi connectivity index (χ4n) is 2.63. The van der Waals surface area contributed by atoms with Gasteiger partial charge in [-0.25, -0.2) is 26.7 Å². The van der Waals surface area contributed by atoms with Crippen molar-refractivity contribution in [3.05, 3.63) is 95.1 Å². The molecule has 0 saturated carbocycles. The van der Waals surface area contributed by atoms with Crippen molar-refractivity contribution in [2.24, 2.45) is 5.14 Å². The van der Waals surface area contributed by atoms with Crippen LogP contribution < -0.4 is 9.86 Å². The smallest absolute Gasteiger partial charge is 0.265 e. The molecule has 3 rings (SSSR count). The van der Waals surface area contributed by atoms with E-state index in [2.05, 4.69) is 11.8 Å². The van der Waals surface area contributed by atoms with Crippen molar-refractivity contribution >= 4 is 26.0 Å². The predicted octanol–water partition coefficient (Wildman–Crippen LogP) is 2.16. The first-order chi connectivity index (χ1) is 14.6. The lowest BCUT2D eigenvalue weighted by molar-refractivity contribution is 0.0981. The average Bonchev–Trinajstić information content (AvgIpc) is 2.73. The van der Waals surface area contributed by atoms with Crippen LogP contribution in [0.2, 0.25) is 0 Å². The second-order valence-electron chi connectivity index (χ2n) is 6.62. The Morgan fingerprint density at radius 2 is 1.26 bits per heavy atom. The minimum absolute atomic E-state index is 0.0672. The predicted molar refractivity (Wildman–Crippen MR) is 116 cm³/mol. The Hall–Kier alpha value is -3.45. The summed E-state index contributed by atoms with van der Waals surface area (Å²) in [5.74, 6) is 5.05. The normalized spacial score (nSPS) is 11.3. The first-order valence-electron chi connectivity index (χ1n) is 8.94. The third-order valence-corrected chi connectivity index (χ3v) is 6.71. The van der Waals surface area contributed by atoms with Gasteiger partial charge in [0.25, 0.3) is 15.9 Å². The number of nitrogens with one attached hydrogen (secondary N) is 1. The molecule has 0 atom stereocenters. The van der Waals surface area contributed by atoms with Gasteiger partial charge in [0.05, 0.1) is 0 Å². The van der Waals surface area contributed by atoms with Gasteiger partial charge in [0.1, 0.15) is 9.79 Å². The highest BCUT2D eigenvalue weighted by Crippen LogP contribution is 2.19. The van der Waals surface area contributed by atoms with Crippen molar-refractivity contribution in [2.75, 3.05) is 0 Å². The maximum Gasteiger partial charge on any atom is 0.265 e. The summed E-state index contributed by atoms with van der Waals surface area (Å²) in [5, 5.41) is 5.07. The highest BCUT2D eigenvalue weighted by molar-refractivity contribution is 7.92. The van der Waals surface area contributed by atoms with Crippen molar-refractivity contribution in [3.8, 4) is 11.8 Å². The first kappa shape index (κ1) is 22.2. The molecule has 0 saturated heterocycles. The minimum atomic E-state index is -4.47. The molecule has 1 amide bonds. The van der Waals surface area contributed by atoms with E-state index in [1.165, 1.54) is 24.3 Å². The molecule has 31 heavy (non-hydrogen) atoms. The Balaban J connectivity index is 1.79. The maximum absolute atomic E-state index is 12.6. The fourth-order valence-corrected chi connectivity index (χ4v) is 4.99. The quantitative estimate of drug-likeness (QED) is 0.585. The topological polar surface area (TPSA) is 123 Å². The number of carbonyl (C=O) groups excluding carboxylic acids is 1. The molecule has 3 aromatic carbocycles. The molecule has 0 bridgehead atoms. The number of carbonyl (C=O) groups is 1. The van der Waals surface area contributed by atoms with Gasteiger partial charge in [0, 0.05) is 16.7 Å². The molecular formula is C22H18N2O5S2. The molecule has 9 heteroatoms. The number of amides is 1. The number of rotatable bonds is 4. The maximum atomic E-state index is 12.6. The van der Waals surface area contributed by atoms with Crippen LogP contribution in [0.3, 0.4) is 0 Å². The van der Waals surface area contributed by atoms with Crippen molar-refractivity contribution in [1.29, 1.82) is 0 Å². The van der Waals surface area contributed by atoms with E-state index in [1.807, 2.05) is 35.9 Å². The standard InChI is InChI=1S/C22H18N2O5S2/c1-16-6-8-17(9-7-16)10-11-18-12-14-19(15-13-18)22(25)24-31(28,29)21-5-3-2-4-20(21)30(23,26)27/h2-9,12-15H,1H3,(H,24,25)(H2,23,26,27). The number of nitrogens with two attached hydrogens (primary N) is 1. The fraction of sp³-hybridized carbons (Fsp3) is 0.0455. The molecule has 0 aliphatic rings. The molecule has 0 aliphatic heterocycles. The van der Waals surface area contributed by atoms with Crippen molar-refractivity contribution in [1.82, 2.24) is 4.72 Å². The van der Waals surface area contributed by atoms with Gasteiger partial charge >= 0.3 is 0 Å². The lowest BCUT2D eigenvalue weighted by Gasteiger charge is -2.10. The number of aryl methyl sites for hydroxylation is 1. The van der Waals surface area contributed by atoms with E-state index in [1.54, 1.807) is 12.1 Å². The summed E-state index contributed by atoms with van der Waals surface area (Å²) in [6.07, 6.45) is 0. The van der Waals surface area contributed by atoms with Gasteiger partial charge in [-0.15, -0.1) is 0 Å². The van der Waals surface area contributed by atoms with Crippen LogP contribution in [0.1, 0.15) is 27.0 Å². The van der Waals surface area contributed by atoms with E-state index in [-0.39, 0.29) is 5.56 Å². The highest BCUT2D eigenvalue weighted by atomic mass is 32.2. The Morgan fingerprint density at radius 1 is 0.774 bits per heavy atom. The van der Waals surface area contributed by atoms with E-state index in [0.717, 1.165) is 23.3 Å². The van der Waals surface area contributed by atoms with Crippen LogP contribution in [-0.4, -0.2) is 22.7 Å². The van der Waals surface area contributed by atoms with E-state index >= 15 is 0 Å². The Kier molecular flexibility index (Phi) is 6.27. The second-order valence-corrected chi connectivity index (χ2v) is 9.80. The second kappa shape index (κ2) is 8.73. The Morgan fingerprint density at radius 3 is 1.77 bits per heavy atom. The van der Waals surface area contributed by atoms with Gasteiger partial charge < -0.3 is 0 Å². The third kappa shape index (κ3) is 5.58. The number of sulfonamides is 2. The number of hydrogen-bond donors (Lipinski definition) is 2. The highest BCUT2D eigenvalue weighted by Gasteiger charge is 2.26. The SMILES string of the molecule is Cc1ccc(C#Cc2ccc(C(=O)NS(=O)(=O)c3ccccc3S(N)(=O)=O)cc2)cc1. The van der Waals surface area contributed by atoms with Crippen LogP contribution in [0.15, 0.2) is 82.6 Å². The Bertz CT molecular complexity index is 1400. The molecule has 0 aromatic heterocycles. The minimum Gasteiger partial charge on any atom is -0.268 e. The summed E-state index contributed by atoms with van der Waals surface area (Å²) < 4.78 is 50.3. The monoisotopic (exact) mass is 454 g/mol. The van der Waals surface area contributed by atoms with Crippen LogP contribution in [-0.2, 0) is 20.0 Å². The average molecular weight is 455 g/mol. The molecule has 3 aromatic rings.